The number of carbonyl (C=O) groups excluding carboxylic acids is 1. The molecule has 0 bridgehead atoms. The number of para-hydroxylation sites is 1. The Morgan fingerprint density at radius 3 is 2.68 bits per heavy atom. The van der Waals surface area contributed by atoms with E-state index in [1.807, 2.05) is 17.0 Å². The highest BCUT2D eigenvalue weighted by Crippen LogP contribution is 2.25. The molecule has 2 aliphatic rings. The first-order valence-corrected chi connectivity index (χ1v) is 10.5. The van der Waals surface area contributed by atoms with Crippen LogP contribution in [0, 0.1) is 5.92 Å². The summed E-state index contributed by atoms with van der Waals surface area (Å²) in [6.45, 7) is 5.20. The highest BCUT2D eigenvalue weighted by atomic mass is 16.5. The highest BCUT2D eigenvalue weighted by Gasteiger charge is 2.26. The molecule has 5 nitrogen and oxygen atoms in total. The van der Waals surface area contributed by atoms with Gasteiger partial charge in [0.1, 0.15) is 5.75 Å². The third kappa shape index (κ3) is 5.58. The van der Waals surface area contributed by atoms with E-state index in [1.54, 1.807) is 14.2 Å². The number of allylic oxidation sites excluding steroid dienone is 1. The molecular weight excluding hydrogens is 352 g/mol. The zero-order valence-corrected chi connectivity index (χ0v) is 17.4. The maximum Gasteiger partial charge on any atom is 0.249 e. The topological polar surface area (TPSA) is 42.0 Å². The van der Waals surface area contributed by atoms with Crippen molar-refractivity contribution in [1.82, 2.24) is 9.80 Å². The molecule has 3 rings (SSSR count). The molecule has 0 atom stereocenters. The number of ether oxygens (including phenoxy) is 2. The van der Waals surface area contributed by atoms with E-state index < -0.39 is 0 Å². The van der Waals surface area contributed by atoms with Gasteiger partial charge in [0.25, 0.3) is 0 Å². The predicted octanol–water partition coefficient (Wildman–Crippen LogP) is 3.49. The van der Waals surface area contributed by atoms with Crippen LogP contribution in [0.3, 0.4) is 0 Å². The first-order chi connectivity index (χ1) is 13.7. The number of nitrogens with zero attached hydrogens (tertiary/aromatic N) is 2. The summed E-state index contributed by atoms with van der Waals surface area (Å²) in [5.41, 5.74) is 2.25. The Kier molecular flexibility index (Phi) is 7.92. The number of carbonyl (C=O) groups is 1. The molecule has 1 fully saturated rings. The van der Waals surface area contributed by atoms with Gasteiger partial charge in [-0.15, -0.1) is 0 Å². The van der Waals surface area contributed by atoms with Gasteiger partial charge in [0.2, 0.25) is 5.91 Å². The smallest absolute Gasteiger partial charge is 0.249 e. The van der Waals surface area contributed by atoms with Crippen LogP contribution in [0.1, 0.15) is 37.7 Å². The van der Waals surface area contributed by atoms with Gasteiger partial charge in [-0.3, -0.25) is 9.69 Å². The maximum absolute atomic E-state index is 12.9. The molecule has 1 aromatic carbocycles. The monoisotopic (exact) mass is 386 g/mol. The van der Waals surface area contributed by atoms with Crippen LogP contribution < -0.4 is 4.74 Å². The van der Waals surface area contributed by atoms with Gasteiger partial charge in [-0.25, -0.2) is 0 Å². The summed E-state index contributed by atoms with van der Waals surface area (Å²) in [5.74, 6) is 1.76. The second-order valence-electron chi connectivity index (χ2n) is 7.90. The molecule has 0 aromatic heterocycles. The second-order valence-corrected chi connectivity index (χ2v) is 7.90. The minimum absolute atomic E-state index is 0.228. The van der Waals surface area contributed by atoms with Crippen LogP contribution in [0.15, 0.2) is 35.9 Å². The van der Waals surface area contributed by atoms with Crippen LogP contribution in [0.4, 0.5) is 0 Å². The normalized spacial score (nSPS) is 18.1. The lowest BCUT2D eigenvalue weighted by atomic mass is 9.95. The SMILES string of the molecule is COCCN(CC1CCN(Cc2ccccc2OC)CC1)C(=O)C1=CCCC1. The van der Waals surface area contributed by atoms with Gasteiger partial charge in [-0.05, 0) is 57.2 Å². The standard InChI is InChI=1S/C23H34N2O3/c1-27-16-15-25(23(26)20-7-3-4-8-20)17-19-11-13-24(14-12-19)18-21-9-5-6-10-22(21)28-2/h5-7,9-10,19H,3-4,8,11-18H2,1-2H3. The van der Waals surface area contributed by atoms with Crippen molar-refractivity contribution in [2.45, 2.75) is 38.6 Å². The zero-order chi connectivity index (χ0) is 19.8. The van der Waals surface area contributed by atoms with Crippen LogP contribution in [-0.2, 0) is 16.1 Å². The lowest BCUT2D eigenvalue weighted by molar-refractivity contribution is -0.128. The van der Waals surface area contributed by atoms with Gasteiger partial charge in [-0.2, -0.15) is 0 Å². The van der Waals surface area contributed by atoms with Crippen molar-refractivity contribution in [1.29, 1.82) is 0 Å². The number of likely N-dealkylation sites (tertiary alicyclic amines) is 1. The van der Waals surface area contributed by atoms with Crippen LogP contribution >= 0.6 is 0 Å². The number of piperidine rings is 1. The van der Waals surface area contributed by atoms with Gasteiger partial charge in [0, 0.05) is 37.9 Å². The molecule has 1 heterocycles. The molecule has 1 aliphatic heterocycles. The van der Waals surface area contributed by atoms with Crippen molar-refractivity contribution in [3.63, 3.8) is 0 Å². The molecule has 28 heavy (non-hydrogen) atoms. The Hall–Kier alpha value is -1.85. The average Bonchev–Trinajstić information content (AvgIpc) is 3.27. The van der Waals surface area contributed by atoms with E-state index in [-0.39, 0.29) is 5.91 Å². The third-order valence-electron chi connectivity index (χ3n) is 5.94. The number of amides is 1. The van der Waals surface area contributed by atoms with Crippen LogP contribution in [0.25, 0.3) is 0 Å². The average molecular weight is 387 g/mol. The molecule has 0 radical (unpaired) electrons. The summed E-state index contributed by atoms with van der Waals surface area (Å²) >= 11 is 0. The third-order valence-corrected chi connectivity index (χ3v) is 5.94. The minimum atomic E-state index is 0.228. The number of rotatable bonds is 9. The van der Waals surface area contributed by atoms with E-state index in [1.165, 1.54) is 5.56 Å². The Morgan fingerprint density at radius 1 is 1.21 bits per heavy atom. The van der Waals surface area contributed by atoms with E-state index in [4.69, 9.17) is 9.47 Å². The first kappa shape index (κ1) is 20.9. The number of methoxy groups -OCH3 is 2. The summed E-state index contributed by atoms with van der Waals surface area (Å²) in [7, 11) is 3.43. The fraction of sp³-hybridized carbons (Fsp3) is 0.609. The van der Waals surface area contributed by atoms with Crippen molar-refractivity contribution in [3.05, 3.63) is 41.5 Å². The largest absolute Gasteiger partial charge is 0.496 e. The molecule has 154 valence electrons. The van der Waals surface area contributed by atoms with E-state index in [0.29, 0.717) is 19.1 Å². The highest BCUT2D eigenvalue weighted by molar-refractivity contribution is 5.93. The van der Waals surface area contributed by atoms with E-state index in [9.17, 15) is 4.79 Å². The van der Waals surface area contributed by atoms with Crippen molar-refractivity contribution in [2.75, 3.05) is 47.0 Å². The lowest BCUT2D eigenvalue weighted by Crippen LogP contribution is -2.42. The van der Waals surface area contributed by atoms with Gasteiger partial charge >= 0.3 is 0 Å². The molecule has 1 amide bonds. The minimum Gasteiger partial charge on any atom is -0.496 e. The van der Waals surface area contributed by atoms with Crippen molar-refractivity contribution in [2.24, 2.45) is 5.92 Å². The molecule has 0 spiro atoms. The second kappa shape index (κ2) is 10.6. The summed E-state index contributed by atoms with van der Waals surface area (Å²) in [4.78, 5) is 17.4. The summed E-state index contributed by atoms with van der Waals surface area (Å²) in [6, 6.07) is 8.26. The van der Waals surface area contributed by atoms with Gasteiger partial charge in [-0.1, -0.05) is 24.3 Å². The Labute approximate surface area is 169 Å². The zero-order valence-electron chi connectivity index (χ0n) is 17.4. The molecule has 1 saturated heterocycles. The van der Waals surface area contributed by atoms with Crippen molar-refractivity contribution in [3.8, 4) is 5.75 Å². The van der Waals surface area contributed by atoms with Gasteiger partial charge in [0.05, 0.1) is 13.7 Å². The maximum atomic E-state index is 12.9. The number of benzene rings is 1. The van der Waals surface area contributed by atoms with Crippen LogP contribution in [-0.4, -0.2) is 62.7 Å². The lowest BCUT2D eigenvalue weighted by Gasteiger charge is -2.35. The Bertz CT molecular complexity index is 666. The fourth-order valence-electron chi connectivity index (χ4n) is 4.26. The number of hydrogen-bond donors (Lipinski definition) is 0. The summed E-state index contributed by atoms with van der Waals surface area (Å²) in [6.07, 6.45) is 7.47. The van der Waals surface area contributed by atoms with Crippen LogP contribution in [0.5, 0.6) is 5.75 Å². The number of hydrogen-bond acceptors (Lipinski definition) is 4. The van der Waals surface area contributed by atoms with Crippen molar-refractivity contribution < 1.29 is 14.3 Å². The Balaban J connectivity index is 1.51. The van der Waals surface area contributed by atoms with E-state index in [2.05, 4.69) is 23.1 Å². The van der Waals surface area contributed by atoms with E-state index >= 15 is 0 Å². The molecule has 0 N–H and O–H groups in total. The molecule has 1 aliphatic carbocycles. The molecule has 1 aromatic rings. The molecular formula is C23H34N2O3. The predicted molar refractivity (Wildman–Crippen MR) is 111 cm³/mol. The fourth-order valence-corrected chi connectivity index (χ4v) is 4.26. The molecule has 5 heteroatoms. The van der Waals surface area contributed by atoms with Crippen LogP contribution in [0.2, 0.25) is 0 Å². The van der Waals surface area contributed by atoms with Gasteiger partial charge < -0.3 is 14.4 Å². The Morgan fingerprint density at radius 2 is 2.00 bits per heavy atom. The molecule has 0 saturated carbocycles. The summed E-state index contributed by atoms with van der Waals surface area (Å²) < 4.78 is 10.7. The van der Waals surface area contributed by atoms with Gasteiger partial charge in [0.15, 0.2) is 0 Å². The summed E-state index contributed by atoms with van der Waals surface area (Å²) in [5, 5.41) is 0. The van der Waals surface area contributed by atoms with E-state index in [0.717, 1.165) is 69.6 Å². The van der Waals surface area contributed by atoms with Crippen molar-refractivity contribution >= 4 is 5.91 Å². The molecule has 0 unspecified atom stereocenters. The quantitative estimate of drug-likeness (QED) is 0.651. The first-order valence-electron chi connectivity index (χ1n) is 10.5.